The maximum atomic E-state index is 12.6. The lowest BCUT2D eigenvalue weighted by Crippen LogP contribution is -2.36. The van der Waals surface area contributed by atoms with Crippen molar-refractivity contribution in [1.82, 2.24) is 4.98 Å². The van der Waals surface area contributed by atoms with Crippen molar-refractivity contribution >= 4 is 27.2 Å². The largest absolute Gasteiger partial charge is 0.353 e. The minimum Gasteiger partial charge on any atom is -0.353 e. The number of hydrogen-bond acceptors (Lipinski definition) is 6. The lowest BCUT2D eigenvalue weighted by Gasteiger charge is -2.28. The highest BCUT2D eigenvalue weighted by Crippen LogP contribution is 2.24. The van der Waals surface area contributed by atoms with Crippen LogP contribution < -0.4 is 10.2 Å². The zero-order valence-electron chi connectivity index (χ0n) is 14.9. The van der Waals surface area contributed by atoms with E-state index in [1.165, 1.54) is 6.20 Å². The van der Waals surface area contributed by atoms with Crippen molar-refractivity contribution in [2.24, 2.45) is 0 Å². The van der Waals surface area contributed by atoms with Crippen LogP contribution in [0.4, 0.5) is 11.5 Å². The summed E-state index contributed by atoms with van der Waals surface area (Å²) >= 11 is 0. The van der Waals surface area contributed by atoms with E-state index in [0.717, 1.165) is 0 Å². The third-order valence-corrected chi connectivity index (χ3v) is 6.34. The molecule has 0 radical (unpaired) electrons. The van der Waals surface area contributed by atoms with E-state index >= 15 is 0 Å². The molecule has 27 heavy (non-hydrogen) atoms. The van der Waals surface area contributed by atoms with Crippen molar-refractivity contribution in [3.63, 3.8) is 0 Å². The normalized spacial score (nSPS) is 17.9. The van der Waals surface area contributed by atoms with Crippen LogP contribution in [0.2, 0.25) is 0 Å². The summed E-state index contributed by atoms with van der Waals surface area (Å²) in [5.41, 5.74) is 1.22. The quantitative estimate of drug-likeness (QED) is 0.848. The number of benzene rings is 1. The van der Waals surface area contributed by atoms with Gasteiger partial charge in [0, 0.05) is 24.3 Å². The van der Waals surface area contributed by atoms with Gasteiger partial charge in [0.2, 0.25) is 0 Å². The van der Waals surface area contributed by atoms with Crippen LogP contribution in [-0.4, -0.2) is 43.4 Å². The van der Waals surface area contributed by atoms with Gasteiger partial charge < -0.3 is 10.2 Å². The van der Waals surface area contributed by atoms with E-state index in [1.54, 1.807) is 36.4 Å². The lowest BCUT2D eigenvalue weighted by molar-refractivity contribution is 0.102. The fourth-order valence-corrected chi connectivity index (χ4v) is 4.96. The van der Waals surface area contributed by atoms with Crippen LogP contribution in [0.5, 0.6) is 0 Å². The average Bonchev–Trinajstić information content (AvgIpc) is 3.02. The highest BCUT2D eigenvalue weighted by molar-refractivity contribution is 7.91. The summed E-state index contributed by atoms with van der Waals surface area (Å²) in [4.78, 5) is 18.9. The Morgan fingerprint density at radius 1 is 1.37 bits per heavy atom. The number of nitriles is 1. The molecule has 1 unspecified atom stereocenters. The van der Waals surface area contributed by atoms with Crippen molar-refractivity contribution in [3.8, 4) is 6.07 Å². The van der Waals surface area contributed by atoms with E-state index in [0.29, 0.717) is 35.6 Å². The third kappa shape index (κ3) is 4.26. The molecule has 1 aromatic heterocycles. The number of anilines is 2. The van der Waals surface area contributed by atoms with Gasteiger partial charge in [-0.3, -0.25) is 4.79 Å². The number of rotatable bonds is 5. The molecule has 1 fully saturated rings. The predicted molar refractivity (Wildman–Crippen MR) is 103 cm³/mol. The molecule has 8 heteroatoms. The van der Waals surface area contributed by atoms with Crippen molar-refractivity contribution in [3.05, 3.63) is 53.7 Å². The number of amides is 1. The van der Waals surface area contributed by atoms with Crippen LogP contribution >= 0.6 is 0 Å². The molecule has 1 amide bonds. The van der Waals surface area contributed by atoms with Gasteiger partial charge in [-0.2, -0.15) is 5.26 Å². The summed E-state index contributed by atoms with van der Waals surface area (Å²) in [7, 11) is -3.01. The maximum Gasteiger partial charge on any atom is 0.255 e. The Balaban J connectivity index is 1.82. The minimum absolute atomic E-state index is 0.106. The van der Waals surface area contributed by atoms with Crippen LogP contribution in [-0.2, 0) is 9.84 Å². The smallest absolute Gasteiger partial charge is 0.255 e. The van der Waals surface area contributed by atoms with Gasteiger partial charge in [0.05, 0.1) is 22.8 Å². The molecule has 0 bridgehead atoms. The summed E-state index contributed by atoms with van der Waals surface area (Å²) in [5, 5.41) is 11.9. The predicted octanol–water partition coefficient (Wildman–Crippen LogP) is 2.22. The number of pyridine rings is 1. The molecular weight excluding hydrogens is 364 g/mol. The van der Waals surface area contributed by atoms with E-state index < -0.39 is 9.84 Å². The average molecular weight is 384 g/mol. The second-order valence-corrected chi connectivity index (χ2v) is 8.59. The summed E-state index contributed by atoms with van der Waals surface area (Å²) in [5.74, 6) is 0.505. The van der Waals surface area contributed by atoms with E-state index in [4.69, 9.17) is 5.26 Å². The van der Waals surface area contributed by atoms with E-state index in [2.05, 4.69) is 10.3 Å². The topological polar surface area (TPSA) is 103 Å². The molecule has 1 aliphatic rings. The van der Waals surface area contributed by atoms with Gasteiger partial charge in [0.25, 0.3) is 5.91 Å². The number of nitrogens with one attached hydrogen (secondary N) is 1. The number of sulfone groups is 1. The lowest BCUT2D eigenvalue weighted by atomic mass is 10.1. The first-order valence-corrected chi connectivity index (χ1v) is 10.5. The third-order valence-electron chi connectivity index (χ3n) is 4.59. The van der Waals surface area contributed by atoms with Gasteiger partial charge in [0.15, 0.2) is 9.84 Å². The van der Waals surface area contributed by atoms with E-state index in [9.17, 15) is 13.2 Å². The fraction of sp³-hybridized carbons (Fsp3) is 0.316. The number of carbonyl (C=O) groups is 1. The Kier molecular flexibility index (Phi) is 5.42. The Morgan fingerprint density at radius 3 is 2.81 bits per heavy atom. The van der Waals surface area contributed by atoms with Crippen LogP contribution in [0.1, 0.15) is 29.3 Å². The van der Waals surface area contributed by atoms with E-state index in [-0.39, 0.29) is 23.5 Å². The summed E-state index contributed by atoms with van der Waals surface area (Å²) < 4.78 is 23.6. The molecule has 1 aromatic carbocycles. The highest BCUT2D eigenvalue weighted by Gasteiger charge is 2.32. The second-order valence-electron chi connectivity index (χ2n) is 6.36. The zero-order valence-corrected chi connectivity index (χ0v) is 15.7. The fourth-order valence-electron chi connectivity index (χ4n) is 3.23. The maximum absolute atomic E-state index is 12.6. The molecule has 140 valence electrons. The molecule has 1 aliphatic heterocycles. The Bertz CT molecular complexity index is 998. The molecule has 2 heterocycles. The molecule has 3 rings (SSSR count). The monoisotopic (exact) mass is 384 g/mol. The van der Waals surface area contributed by atoms with Crippen molar-refractivity contribution in [2.45, 2.75) is 19.4 Å². The van der Waals surface area contributed by atoms with Gasteiger partial charge >= 0.3 is 0 Å². The first-order chi connectivity index (χ1) is 12.9. The van der Waals surface area contributed by atoms with Crippen LogP contribution in [0.25, 0.3) is 0 Å². The van der Waals surface area contributed by atoms with E-state index in [1.807, 2.05) is 17.9 Å². The Labute approximate surface area is 158 Å². The molecule has 1 atom stereocenters. The van der Waals surface area contributed by atoms with Crippen LogP contribution in [0.3, 0.4) is 0 Å². The molecule has 0 aliphatic carbocycles. The standard InChI is InChI=1S/C19H20N4O3S/c1-2-23(16-8-10-27(25,26)13-16)18-11-14(7-9-21-18)19(24)22-17-6-4-3-5-15(17)12-20/h3-7,9,11,16H,2,8,10,13H2,1H3,(H,22,24). The van der Waals surface area contributed by atoms with Crippen molar-refractivity contribution in [2.75, 3.05) is 28.3 Å². The van der Waals surface area contributed by atoms with Gasteiger partial charge in [-0.25, -0.2) is 13.4 Å². The van der Waals surface area contributed by atoms with Gasteiger partial charge in [0.1, 0.15) is 11.9 Å². The van der Waals surface area contributed by atoms with Gasteiger partial charge in [-0.05, 0) is 37.6 Å². The number of nitrogens with zero attached hydrogens (tertiary/aromatic N) is 3. The SMILES string of the molecule is CCN(c1cc(C(=O)Nc2ccccc2C#N)ccn1)C1CCS(=O)(=O)C1. The zero-order chi connectivity index (χ0) is 19.4. The summed E-state index contributed by atoms with van der Waals surface area (Å²) in [6.45, 7) is 2.53. The van der Waals surface area contributed by atoms with Crippen molar-refractivity contribution in [1.29, 1.82) is 5.26 Å². The first kappa shape index (κ1) is 18.9. The Hall–Kier alpha value is -2.92. The molecule has 0 saturated carbocycles. The van der Waals surface area contributed by atoms with Crippen LogP contribution in [0, 0.1) is 11.3 Å². The molecule has 0 spiro atoms. The van der Waals surface area contributed by atoms with Crippen molar-refractivity contribution < 1.29 is 13.2 Å². The highest BCUT2D eigenvalue weighted by atomic mass is 32.2. The number of aromatic nitrogens is 1. The molecular formula is C19H20N4O3S. The summed E-state index contributed by atoms with van der Waals surface area (Å²) in [6, 6.07) is 11.9. The Morgan fingerprint density at radius 2 is 2.15 bits per heavy atom. The molecule has 1 saturated heterocycles. The van der Waals surface area contributed by atoms with Gasteiger partial charge in [-0.1, -0.05) is 12.1 Å². The molecule has 1 N–H and O–H groups in total. The molecule has 2 aromatic rings. The van der Waals surface area contributed by atoms with Gasteiger partial charge in [-0.15, -0.1) is 0 Å². The number of para-hydroxylation sites is 1. The number of hydrogen-bond donors (Lipinski definition) is 1. The summed E-state index contributed by atoms with van der Waals surface area (Å²) in [6.07, 6.45) is 2.09. The number of carbonyl (C=O) groups excluding carboxylic acids is 1. The first-order valence-electron chi connectivity index (χ1n) is 8.67. The molecule has 7 nitrogen and oxygen atoms in total. The second kappa shape index (κ2) is 7.76. The minimum atomic E-state index is -3.01. The van der Waals surface area contributed by atoms with Crippen LogP contribution in [0.15, 0.2) is 42.6 Å².